The molecule has 2 aliphatic rings. The van der Waals surface area contributed by atoms with Gasteiger partial charge in [0.1, 0.15) is 11.6 Å². The molecule has 0 aromatic heterocycles. The van der Waals surface area contributed by atoms with E-state index in [4.69, 9.17) is 16.3 Å². The molecule has 30 heavy (non-hydrogen) atoms. The fourth-order valence-corrected chi connectivity index (χ4v) is 7.71. The molecule has 2 atom stereocenters. The number of fused-ring (bicyclic) bond motifs is 1. The number of carbonyl (C=O) groups is 1. The number of halogens is 2. The molecule has 2 aromatic rings. The summed E-state index contributed by atoms with van der Waals surface area (Å²) in [7, 11) is -1.68. The van der Waals surface area contributed by atoms with Gasteiger partial charge in [-0.1, -0.05) is 35.5 Å². The number of hydrogen-bond donors (Lipinski definition) is 0. The van der Waals surface area contributed by atoms with Crippen LogP contribution in [-0.4, -0.2) is 49.4 Å². The van der Waals surface area contributed by atoms with E-state index in [1.807, 2.05) is 0 Å². The van der Waals surface area contributed by atoms with Crippen LogP contribution < -0.4 is 9.64 Å². The van der Waals surface area contributed by atoms with Gasteiger partial charge in [0.25, 0.3) is 5.91 Å². The molecule has 2 heterocycles. The van der Waals surface area contributed by atoms with E-state index in [1.54, 1.807) is 23.1 Å². The Morgan fingerprint density at radius 3 is 2.70 bits per heavy atom. The number of benzene rings is 2. The van der Waals surface area contributed by atoms with Crippen molar-refractivity contribution >= 4 is 50.0 Å². The van der Waals surface area contributed by atoms with Crippen molar-refractivity contribution in [1.29, 1.82) is 0 Å². The van der Waals surface area contributed by atoms with Crippen LogP contribution in [0.5, 0.6) is 5.75 Å². The number of ether oxygens (including phenoxy) is 1. The monoisotopic (exact) mass is 468 g/mol. The summed E-state index contributed by atoms with van der Waals surface area (Å²) in [4.78, 5) is 18.6. The van der Waals surface area contributed by atoms with Crippen LogP contribution in [0.25, 0.3) is 0 Å². The SMILES string of the molecule is COc1ccc(Cl)cc1N1C(=NC(=O)Cc2ccc(F)cc2)S[C@@H]2CS(=O)(=O)C[C@@H]21. The molecule has 0 spiro atoms. The molecule has 0 N–H and O–H groups in total. The maximum Gasteiger partial charge on any atom is 0.252 e. The van der Waals surface area contributed by atoms with Gasteiger partial charge < -0.3 is 9.64 Å². The molecule has 0 bridgehead atoms. The number of sulfone groups is 1. The predicted molar refractivity (Wildman–Crippen MR) is 117 cm³/mol. The number of methoxy groups -OCH3 is 1. The Labute approximate surface area is 183 Å². The zero-order valence-electron chi connectivity index (χ0n) is 15.9. The van der Waals surface area contributed by atoms with Gasteiger partial charge in [0, 0.05) is 10.3 Å². The van der Waals surface area contributed by atoms with E-state index in [2.05, 4.69) is 4.99 Å². The van der Waals surface area contributed by atoms with E-state index in [0.29, 0.717) is 27.2 Å². The molecule has 0 unspecified atom stereocenters. The number of hydrogen-bond acceptors (Lipinski definition) is 5. The van der Waals surface area contributed by atoms with Crippen molar-refractivity contribution in [3.63, 3.8) is 0 Å². The van der Waals surface area contributed by atoms with Crippen LogP contribution in [0.2, 0.25) is 5.02 Å². The Morgan fingerprint density at radius 2 is 2.00 bits per heavy atom. The lowest BCUT2D eigenvalue weighted by Crippen LogP contribution is -2.38. The molecule has 2 aliphatic heterocycles. The van der Waals surface area contributed by atoms with Gasteiger partial charge in [0.05, 0.1) is 36.8 Å². The van der Waals surface area contributed by atoms with Crippen LogP contribution in [0.15, 0.2) is 47.5 Å². The first-order valence-electron chi connectivity index (χ1n) is 9.11. The van der Waals surface area contributed by atoms with Gasteiger partial charge >= 0.3 is 0 Å². The largest absolute Gasteiger partial charge is 0.495 e. The predicted octanol–water partition coefficient (Wildman–Crippen LogP) is 3.33. The van der Waals surface area contributed by atoms with Crippen LogP contribution >= 0.6 is 23.4 Å². The standard InChI is InChI=1S/C20H18ClFN2O4S2/c1-28-17-7-4-13(21)9-15(17)24-16-10-30(26,27)11-18(16)29-20(24)23-19(25)8-12-2-5-14(22)6-3-12/h2-7,9,16,18H,8,10-11H2,1H3/t16-,18+/m0/s1. The van der Waals surface area contributed by atoms with Gasteiger partial charge in [-0.15, -0.1) is 0 Å². The third-order valence-electron chi connectivity index (χ3n) is 4.96. The zero-order valence-corrected chi connectivity index (χ0v) is 18.3. The second-order valence-corrected chi connectivity index (χ2v) is 10.9. The Hall–Kier alpha value is -2.10. The Bertz CT molecular complexity index is 1120. The molecule has 10 heteroatoms. The summed E-state index contributed by atoms with van der Waals surface area (Å²) in [5.74, 6) is -0.294. The fraction of sp³-hybridized carbons (Fsp3) is 0.300. The summed E-state index contributed by atoms with van der Waals surface area (Å²) in [5, 5.41) is 0.626. The van der Waals surface area contributed by atoms with Crippen LogP contribution in [0.1, 0.15) is 5.56 Å². The van der Waals surface area contributed by atoms with E-state index in [-0.39, 0.29) is 35.0 Å². The lowest BCUT2D eigenvalue weighted by molar-refractivity contribution is -0.117. The molecule has 1 amide bonds. The molecule has 2 fully saturated rings. The molecule has 158 valence electrons. The average molecular weight is 469 g/mol. The Morgan fingerprint density at radius 1 is 1.27 bits per heavy atom. The van der Waals surface area contributed by atoms with Crippen molar-refractivity contribution in [3.8, 4) is 5.75 Å². The van der Waals surface area contributed by atoms with Crippen molar-refractivity contribution in [2.45, 2.75) is 17.7 Å². The number of aliphatic imine (C=N–C) groups is 1. The highest BCUT2D eigenvalue weighted by Gasteiger charge is 2.50. The van der Waals surface area contributed by atoms with Gasteiger partial charge in [0.2, 0.25) is 0 Å². The molecule has 0 aliphatic carbocycles. The van der Waals surface area contributed by atoms with E-state index >= 15 is 0 Å². The Kier molecular flexibility index (Phi) is 5.78. The van der Waals surface area contributed by atoms with Gasteiger partial charge in [-0.3, -0.25) is 4.79 Å². The van der Waals surface area contributed by atoms with Gasteiger partial charge in [-0.25, -0.2) is 12.8 Å². The number of amidine groups is 1. The van der Waals surface area contributed by atoms with Gasteiger partial charge in [0.15, 0.2) is 15.0 Å². The van der Waals surface area contributed by atoms with Crippen LogP contribution in [0.3, 0.4) is 0 Å². The minimum Gasteiger partial charge on any atom is -0.495 e. The number of thioether (sulfide) groups is 1. The van der Waals surface area contributed by atoms with E-state index < -0.39 is 15.7 Å². The minimum absolute atomic E-state index is 0.0124. The maximum atomic E-state index is 13.1. The van der Waals surface area contributed by atoms with E-state index in [9.17, 15) is 17.6 Å². The van der Waals surface area contributed by atoms with Gasteiger partial charge in [-0.2, -0.15) is 4.99 Å². The van der Waals surface area contributed by atoms with Crippen molar-refractivity contribution in [2.75, 3.05) is 23.5 Å². The summed E-state index contributed by atoms with van der Waals surface area (Å²) in [5.41, 5.74) is 1.21. The molecule has 4 rings (SSSR count). The lowest BCUT2D eigenvalue weighted by atomic mass is 10.1. The van der Waals surface area contributed by atoms with Crippen molar-refractivity contribution < 1.29 is 22.3 Å². The number of rotatable bonds is 4. The topological polar surface area (TPSA) is 76.0 Å². The third-order valence-corrected chi connectivity index (χ3v) is 8.40. The van der Waals surface area contributed by atoms with Crippen LogP contribution in [0, 0.1) is 5.82 Å². The Balaban J connectivity index is 1.69. The summed E-state index contributed by atoms with van der Waals surface area (Å²) in [6.07, 6.45) is 0.0124. The smallest absolute Gasteiger partial charge is 0.252 e. The highest BCUT2D eigenvalue weighted by atomic mass is 35.5. The molecule has 2 aromatic carbocycles. The summed E-state index contributed by atoms with van der Waals surface area (Å²) in [6.45, 7) is 0. The third kappa shape index (κ3) is 4.33. The van der Waals surface area contributed by atoms with Crippen LogP contribution in [-0.2, 0) is 21.1 Å². The number of carbonyl (C=O) groups excluding carboxylic acids is 1. The molecule has 0 saturated carbocycles. The fourth-order valence-electron chi connectivity index (χ4n) is 3.62. The number of nitrogens with zero attached hydrogens (tertiary/aromatic N) is 2. The van der Waals surface area contributed by atoms with E-state index in [1.165, 1.54) is 43.1 Å². The summed E-state index contributed by atoms with van der Waals surface area (Å²) in [6, 6.07) is 10.3. The highest BCUT2D eigenvalue weighted by molar-refractivity contribution is 8.16. The first kappa shape index (κ1) is 21.1. The lowest BCUT2D eigenvalue weighted by Gasteiger charge is -2.26. The second-order valence-electron chi connectivity index (χ2n) is 7.08. The second kappa shape index (κ2) is 8.20. The number of anilines is 1. The quantitative estimate of drug-likeness (QED) is 0.685. The molecule has 0 radical (unpaired) electrons. The summed E-state index contributed by atoms with van der Waals surface area (Å²) < 4.78 is 42.9. The normalized spacial score (nSPS) is 23.6. The first-order valence-corrected chi connectivity index (χ1v) is 12.2. The van der Waals surface area contributed by atoms with E-state index in [0.717, 1.165) is 0 Å². The average Bonchev–Trinajstić information content (AvgIpc) is 3.14. The zero-order chi connectivity index (χ0) is 21.5. The molecular weight excluding hydrogens is 451 g/mol. The maximum absolute atomic E-state index is 13.1. The first-order chi connectivity index (χ1) is 14.3. The highest BCUT2D eigenvalue weighted by Crippen LogP contribution is 2.44. The van der Waals surface area contributed by atoms with Gasteiger partial charge in [-0.05, 0) is 35.9 Å². The number of amides is 1. The van der Waals surface area contributed by atoms with Crippen LogP contribution in [0.4, 0.5) is 10.1 Å². The molecular formula is C20H18ClFN2O4S2. The van der Waals surface area contributed by atoms with Crippen molar-refractivity contribution in [1.82, 2.24) is 0 Å². The minimum atomic E-state index is -3.19. The van der Waals surface area contributed by atoms with Crippen molar-refractivity contribution in [3.05, 3.63) is 58.9 Å². The molecule has 6 nitrogen and oxygen atoms in total. The molecule has 2 saturated heterocycles. The van der Waals surface area contributed by atoms with Crippen molar-refractivity contribution in [2.24, 2.45) is 4.99 Å². The summed E-state index contributed by atoms with van der Waals surface area (Å²) >= 11 is 7.45.